The number of nitrogens with one attached hydrogen (secondary N) is 1. The van der Waals surface area contributed by atoms with E-state index in [0.29, 0.717) is 0 Å². The van der Waals surface area contributed by atoms with Crippen LogP contribution >= 0.6 is 0 Å². The summed E-state index contributed by atoms with van der Waals surface area (Å²) in [6, 6.07) is 8.49. The van der Waals surface area contributed by atoms with E-state index in [0.717, 1.165) is 37.8 Å². The molecule has 0 spiro atoms. The van der Waals surface area contributed by atoms with Crippen LogP contribution in [0.25, 0.3) is 0 Å². The van der Waals surface area contributed by atoms with Crippen LogP contribution in [0.15, 0.2) is 24.3 Å². The van der Waals surface area contributed by atoms with Crippen molar-refractivity contribution in [3.63, 3.8) is 0 Å². The van der Waals surface area contributed by atoms with Crippen molar-refractivity contribution in [1.29, 1.82) is 0 Å². The number of ether oxygens (including phenoxy) is 1. The summed E-state index contributed by atoms with van der Waals surface area (Å²) in [6.45, 7) is 14.2. The summed E-state index contributed by atoms with van der Waals surface area (Å²) in [5, 5.41) is 3.48. The normalized spacial score (nSPS) is 11.9. The van der Waals surface area contributed by atoms with Crippen LogP contribution in [0.3, 0.4) is 0 Å². The van der Waals surface area contributed by atoms with E-state index in [1.807, 2.05) is 0 Å². The summed E-state index contributed by atoms with van der Waals surface area (Å²) in [5.41, 5.74) is 1.51. The molecule has 2 heteroatoms. The molecule has 0 aliphatic rings. The Morgan fingerprint density at radius 2 is 1.86 bits per heavy atom. The lowest BCUT2D eigenvalue weighted by Gasteiger charge is -2.19. The molecule has 0 aliphatic heterocycles. The van der Waals surface area contributed by atoms with Crippen molar-refractivity contribution in [2.75, 3.05) is 19.7 Å². The summed E-state index contributed by atoms with van der Waals surface area (Å²) in [6.07, 6.45) is 3.59. The second-order valence-electron chi connectivity index (χ2n) is 7.28. The van der Waals surface area contributed by atoms with Crippen molar-refractivity contribution < 1.29 is 4.74 Å². The second kappa shape index (κ2) is 9.09. The maximum Gasteiger partial charge on any atom is 0.119 e. The third kappa shape index (κ3) is 8.11. The van der Waals surface area contributed by atoms with E-state index in [9.17, 15) is 0 Å². The molecule has 0 amide bonds. The molecule has 0 unspecified atom stereocenters. The second-order valence-corrected chi connectivity index (χ2v) is 7.28. The summed E-state index contributed by atoms with van der Waals surface area (Å²) < 4.78 is 5.87. The van der Waals surface area contributed by atoms with Crippen LogP contribution in [-0.2, 0) is 5.41 Å². The largest absolute Gasteiger partial charge is 0.494 e. The highest BCUT2D eigenvalue weighted by Crippen LogP contribution is 2.25. The lowest BCUT2D eigenvalue weighted by molar-refractivity contribution is 0.304. The molecule has 0 atom stereocenters. The first-order valence-electron chi connectivity index (χ1n) is 8.33. The maximum atomic E-state index is 5.87. The fourth-order valence-electron chi connectivity index (χ4n) is 2.16. The maximum absolute atomic E-state index is 5.87. The van der Waals surface area contributed by atoms with E-state index in [1.165, 1.54) is 18.4 Å². The number of hydrogen-bond acceptors (Lipinski definition) is 2. The third-order valence-electron chi connectivity index (χ3n) is 3.52. The van der Waals surface area contributed by atoms with Gasteiger partial charge in [-0.3, -0.25) is 0 Å². The minimum atomic E-state index is 0.182. The Hall–Kier alpha value is -1.02. The molecule has 0 aromatic heterocycles. The van der Waals surface area contributed by atoms with Gasteiger partial charge in [-0.2, -0.15) is 0 Å². The SMILES string of the molecule is CC(C)CNCCCCCOc1cccc(C(C)(C)C)c1. The van der Waals surface area contributed by atoms with Gasteiger partial charge in [0.15, 0.2) is 0 Å². The van der Waals surface area contributed by atoms with Crippen molar-refractivity contribution in [2.24, 2.45) is 5.92 Å². The van der Waals surface area contributed by atoms with Gasteiger partial charge in [0.05, 0.1) is 6.61 Å². The van der Waals surface area contributed by atoms with Crippen LogP contribution in [0.5, 0.6) is 5.75 Å². The molecule has 0 heterocycles. The molecule has 0 fully saturated rings. The number of unbranched alkanes of at least 4 members (excludes halogenated alkanes) is 2. The first kappa shape index (κ1) is 18.0. The van der Waals surface area contributed by atoms with Crippen molar-refractivity contribution in [3.05, 3.63) is 29.8 Å². The fraction of sp³-hybridized carbons (Fsp3) is 0.684. The van der Waals surface area contributed by atoms with Gasteiger partial charge in [-0.1, -0.05) is 46.8 Å². The van der Waals surface area contributed by atoms with Gasteiger partial charge in [-0.25, -0.2) is 0 Å². The standard InChI is InChI=1S/C19H33NO/c1-16(2)15-20-12-7-6-8-13-21-18-11-9-10-17(14-18)19(3,4)5/h9-11,14,16,20H,6-8,12-13,15H2,1-5H3. The molecule has 1 rings (SSSR count). The van der Waals surface area contributed by atoms with E-state index >= 15 is 0 Å². The predicted octanol–water partition coefficient (Wildman–Crippen LogP) is 4.78. The van der Waals surface area contributed by atoms with Gasteiger partial charge in [0.25, 0.3) is 0 Å². The van der Waals surface area contributed by atoms with E-state index in [2.05, 4.69) is 64.2 Å². The van der Waals surface area contributed by atoms with Crippen LogP contribution in [-0.4, -0.2) is 19.7 Å². The molecule has 0 radical (unpaired) electrons. The zero-order valence-corrected chi connectivity index (χ0v) is 14.5. The molecule has 0 saturated carbocycles. The Morgan fingerprint density at radius 3 is 2.52 bits per heavy atom. The molecule has 21 heavy (non-hydrogen) atoms. The Balaban J connectivity index is 2.16. The lowest BCUT2D eigenvalue weighted by atomic mass is 9.87. The number of benzene rings is 1. The van der Waals surface area contributed by atoms with Crippen LogP contribution in [0.1, 0.15) is 59.4 Å². The molecule has 0 aliphatic carbocycles. The highest BCUT2D eigenvalue weighted by Gasteiger charge is 2.13. The lowest BCUT2D eigenvalue weighted by Crippen LogP contribution is -2.20. The third-order valence-corrected chi connectivity index (χ3v) is 3.52. The number of rotatable bonds is 9. The monoisotopic (exact) mass is 291 g/mol. The van der Waals surface area contributed by atoms with Gasteiger partial charge in [-0.05, 0) is 61.4 Å². The zero-order valence-electron chi connectivity index (χ0n) is 14.5. The summed E-state index contributed by atoms with van der Waals surface area (Å²) in [4.78, 5) is 0. The first-order chi connectivity index (χ1) is 9.89. The van der Waals surface area contributed by atoms with E-state index in [1.54, 1.807) is 0 Å². The molecule has 1 aromatic rings. The Morgan fingerprint density at radius 1 is 1.10 bits per heavy atom. The highest BCUT2D eigenvalue weighted by atomic mass is 16.5. The van der Waals surface area contributed by atoms with Crippen molar-refractivity contribution >= 4 is 0 Å². The van der Waals surface area contributed by atoms with Crippen LogP contribution in [0.2, 0.25) is 0 Å². The van der Waals surface area contributed by atoms with Gasteiger partial charge in [-0.15, -0.1) is 0 Å². The Kier molecular flexibility index (Phi) is 7.81. The summed E-state index contributed by atoms with van der Waals surface area (Å²) >= 11 is 0. The quantitative estimate of drug-likeness (QED) is 0.661. The summed E-state index contributed by atoms with van der Waals surface area (Å²) in [5.74, 6) is 1.74. The fourth-order valence-corrected chi connectivity index (χ4v) is 2.16. The van der Waals surface area contributed by atoms with Crippen LogP contribution in [0.4, 0.5) is 0 Å². The molecule has 2 nitrogen and oxygen atoms in total. The molecular formula is C19H33NO. The smallest absolute Gasteiger partial charge is 0.119 e. The minimum absolute atomic E-state index is 0.182. The highest BCUT2D eigenvalue weighted by molar-refractivity contribution is 5.32. The number of hydrogen-bond donors (Lipinski definition) is 1. The van der Waals surface area contributed by atoms with Crippen LogP contribution in [0, 0.1) is 5.92 Å². The van der Waals surface area contributed by atoms with Crippen molar-refractivity contribution in [3.8, 4) is 5.75 Å². The van der Waals surface area contributed by atoms with Crippen molar-refractivity contribution in [1.82, 2.24) is 5.32 Å². The van der Waals surface area contributed by atoms with Crippen molar-refractivity contribution in [2.45, 2.75) is 59.3 Å². The van der Waals surface area contributed by atoms with Gasteiger partial charge < -0.3 is 10.1 Å². The van der Waals surface area contributed by atoms with Gasteiger partial charge in [0.1, 0.15) is 5.75 Å². The van der Waals surface area contributed by atoms with E-state index in [-0.39, 0.29) is 5.41 Å². The minimum Gasteiger partial charge on any atom is -0.494 e. The first-order valence-corrected chi connectivity index (χ1v) is 8.33. The topological polar surface area (TPSA) is 21.3 Å². The molecule has 0 bridgehead atoms. The van der Waals surface area contributed by atoms with Crippen LogP contribution < -0.4 is 10.1 Å². The average molecular weight is 291 g/mol. The van der Waals surface area contributed by atoms with E-state index < -0.39 is 0 Å². The van der Waals surface area contributed by atoms with E-state index in [4.69, 9.17) is 4.74 Å². The Bertz CT molecular complexity index is 393. The molecule has 1 aromatic carbocycles. The predicted molar refractivity (Wildman–Crippen MR) is 92.2 cm³/mol. The molecule has 120 valence electrons. The zero-order chi connectivity index (χ0) is 15.7. The molecule has 0 saturated heterocycles. The molecular weight excluding hydrogens is 258 g/mol. The van der Waals surface area contributed by atoms with Gasteiger partial charge in [0, 0.05) is 0 Å². The van der Waals surface area contributed by atoms with Gasteiger partial charge >= 0.3 is 0 Å². The van der Waals surface area contributed by atoms with Gasteiger partial charge in [0.2, 0.25) is 0 Å². The molecule has 1 N–H and O–H groups in total. The summed E-state index contributed by atoms with van der Waals surface area (Å²) in [7, 11) is 0. The average Bonchev–Trinajstić information content (AvgIpc) is 2.41. The Labute approximate surface area is 131 Å².